The van der Waals surface area contributed by atoms with Crippen molar-refractivity contribution >= 4 is 34.8 Å². The summed E-state index contributed by atoms with van der Waals surface area (Å²) in [7, 11) is 0. The van der Waals surface area contributed by atoms with Crippen molar-refractivity contribution in [1.29, 1.82) is 0 Å². The topological polar surface area (TPSA) is 9.23 Å². The Kier molecular flexibility index (Phi) is 3.33. The van der Waals surface area contributed by atoms with Crippen molar-refractivity contribution in [2.45, 2.75) is 42.2 Å². The molecule has 1 fully saturated rings. The third-order valence-electron chi connectivity index (χ3n) is 1.78. The standard InChI is InChI=1S/C7H11Cl3O/c1-5-2-3-6(11-5)4-7(8,9)10/h5-6H,2-4H2,1H3/t5-,6+/m0/s1. The minimum absolute atomic E-state index is 0.137. The molecule has 0 N–H and O–H groups in total. The summed E-state index contributed by atoms with van der Waals surface area (Å²) in [6, 6.07) is 0. The third kappa shape index (κ3) is 3.84. The number of halogens is 3. The summed E-state index contributed by atoms with van der Waals surface area (Å²) in [4.78, 5) is 0. The van der Waals surface area contributed by atoms with Crippen LogP contribution in [0.5, 0.6) is 0 Å². The van der Waals surface area contributed by atoms with Crippen LogP contribution in [0, 0.1) is 0 Å². The molecule has 1 aliphatic heterocycles. The lowest BCUT2D eigenvalue weighted by molar-refractivity contribution is 0.0518. The normalized spacial score (nSPS) is 32.7. The van der Waals surface area contributed by atoms with Gasteiger partial charge in [-0.1, -0.05) is 34.8 Å². The summed E-state index contributed by atoms with van der Waals surface area (Å²) in [5.41, 5.74) is 0. The van der Waals surface area contributed by atoms with E-state index in [0.717, 1.165) is 12.8 Å². The molecule has 0 amide bonds. The monoisotopic (exact) mass is 216 g/mol. The molecule has 2 atom stereocenters. The first-order chi connectivity index (χ1) is 4.97. The Morgan fingerprint density at radius 3 is 2.36 bits per heavy atom. The van der Waals surface area contributed by atoms with E-state index >= 15 is 0 Å². The van der Waals surface area contributed by atoms with Gasteiger partial charge >= 0.3 is 0 Å². The molecule has 0 saturated carbocycles. The van der Waals surface area contributed by atoms with Gasteiger partial charge in [-0.2, -0.15) is 0 Å². The quantitative estimate of drug-likeness (QED) is 0.612. The molecule has 66 valence electrons. The first-order valence-corrected chi connectivity index (χ1v) is 4.83. The van der Waals surface area contributed by atoms with Crippen molar-refractivity contribution in [2.24, 2.45) is 0 Å². The Bertz CT molecular complexity index is 132. The summed E-state index contributed by atoms with van der Waals surface area (Å²) >= 11 is 16.8. The van der Waals surface area contributed by atoms with E-state index in [-0.39, 0.29) is 6.10 Å². The molecule has 1 rings (SSSR count). The van der Waals surface area contributed by atoms with Gasteiger partial charge in [0.15, 0.2) is 3.79 Å². The maximum atomic E-state index is 5.61. The van der Waals surface area contributed by atoms with Gasteiger partial charge in [0.1, 0.15) is 0 Å². The molecule has 0 bridgehead atoms. The summed E-state index contributed by atoms with van der Waals surface area (Å²) in [6.45, 7) is 2.04. The van der Waals surface area contributed by atoms with Crippen LogP contribution in [-0.2, 0) is 4.74 Å². The molecular weight excluding hydrogens is 206 g/mol. The molecular formula is C7H11Cl3O. The van der Waals surface area contributed by atoms with E-state index in [1.165, 1.54) is 0 Å². The molecule has 0 spiro atoms. The molecule has 11 heavy (non-hydrogen) atoms. The zero-order chi connectivity index (χ0) is 8.48. The largest absolute Gasteiger partial charge is 0.375 e. The maximum Gasteiger partial charge on any atom is 0.193 e. The summed E-state index contributed by atoms with van der Waals surface area (Å²) in [5, 5.41) is 0. The van der Waals surface area contributed by atoms with Gasteiger partial charge < -0.3 is 4.74 Å². The minimum Gasteiger partial charge on any atom is -0.375 e. The second kappa shape index (κ2) is 3.69. The lowest BCUT2D eigenvalue weighted by Crippen LogP contribution is -2.16. The highest BCUT2D eigenvalue weighted by molar-refractivity contribution is 6.67. The highest BCUT2D eigenvalue weighted by Crippen LogP contribution is 2.35. The van der Waals surface area contributed by atoms with Crippen molar-refractivity contribution in [3.63, 3.8) is 0 Å². The van der Waals surface area contributed by atoms with Crippen molar-refractivity contribution in [2.75, 3.05) is 0 Å². The minimum atomic E-state index is -1.16. The Morgan fingerprint density at radius 2 is 2.00 bits per heavy atom. The molecule has 0 aromatic rings. The number of hydrogen-bond acceptors (Lipinski definition) is 1. The molecule has 0 radical (unpaired) electrons. The fourth-order valence-corrected chi connectivity index (χ4v) is 1.81. The second-order valence-corrected chi connectivity index (χ2v) is 5.48. The molecule has 1 saturated heterocycles. The van der Waals surface area contributed by atoms with Gasteiger partial charge in [-0.15, -0.1) is 0 Å². The van der Waals surface area contributed by atoms with Crippen LogP contribution >= 0.6 is 34.8 Å². The number of rotatable bonds is 1. The molecule has 1 nitrogen and oxygen atoms in total. The highest BCUT2D eigenvalue weighted by atomic mass is 35.6. The van der Waals surface area contributed by atoms with Crippen molar-refractivity contribution in [3.05, 3.63) is 0 Å². The van der Waals surface area contributed by atoms with E-state index in [1.807, 2.05) is 6.92 Å². The maximum absolute atomic E-state index is 5.61. The van der Waals surface area contributed by atoms with Crippen LogP contribution in [0.25, 0.3) is 0 Å². The predicted octanol–water partition coefficient (Wildman–Crippen LogP) is 3.31. The van der Waals surface area contributed by atoms with Crippen LogP contribution in [0.1, 0.15) is 26.2 Å². The smallest absolute Gasteiger partial charge is 0.193 e. The van der Waals surface area contributed by atoms with Gasteiger partial charge in [-0.25, -0.2) is 0 Å². The van der Waals surface area contributed by atoms with Gasteiger partial charge in [0.25, 0.3) is 0 Å². The molecule has 0 aromatic carbocycles. The summed E-state index contributed by atoms with van der Waals surface area (Å²) in [5.74, 6) is 0. The van der Waals surface area contributed by atoms with Crippen molar-refractivity contribution in [1.82, 2.24) is 0 Å². The first kappa shape index (κ1) is 9.91. The number of hydrogen-bond donors (Lipinski definition) is 0. The first-order valence-electron chi connectivity index (χ1n) is 3.69. The fraction of sp³-hybridized carbons (Fsp3) is 1.00. The van der Waals surface area contributed by atoms with Crippen LogP contribution < -0.4 is 0 Å². The molecule has 0 aliphatic carbocycles. The van der Waals surface area contributed by atoms with Crippen LogP contribution in [0.2, 0.25) is 0 Å². The van der Waals surface area contributed by atoms with Gasteiger partial charge in [0.2, 0.25) is 0 Å². The lowest BCUT2D eigenvalue weighted by Gasteiger charge is -2.16. The van der Waals surface area contributed by atoms with Crippen LogP contribution in [0.15, 0.2) is 0 Å². The second-order valence-electron chi connectivity index (χ2n) is 2.97. The average molecular weight is 218 g/mol. The van der Waals surface area contributed by atoms with Crippen molar-refractivity contribution < 1.29 is 4.74 Å². The van der Waals surface area contributed by atoms with E-state index in [0.29, 0.717) is 12.5 Å². The van der Waals surface area contributed by atoms with Gasteiger partial charge in [-0.3, -0.25) is 0 Å². The van der Waals surface area contributed by atoms with Gasteiger partial charge in [-0.05, 0) is 19.8 Å². The summed E-state index contributed by atoms with van der Waals surface area (Å²) < 4.78 is 4.33. The average Bonchev–Trinajstić information content (AvgIpc) is 2.10. The fourth-order valence-electron chi connectivity index (χ4n) is 1.29. The Balaban J connectivity index is 2.29. The van der Waals surface area contributed by atoms with Crippen LogP contribution in [-0.4, -0.2) is 16.0 Å². The Labute approximate surface area is 81.9 Å². The number of alkyl halides is 3. The van der Waals surface area contributed by atoms with E-state index in [2.05, 4.69) is 0 Å². The zero-order valence-electron chi connectivity index (χ0n) is 6.32. The van der Waals surface area contributed by atoms with E-state index in [4.69, 9.17) is 39.5 Å². The van der Waals surface area contributed by atoms with Gasteiger partial charge in [0, 0.05) is 6.42 Å². The van der Waals surface area contributed by atoms with Gasteiger partial charge in [0.05, 0.1) is 12.2 Å². The molecule has 4 heteroatoms. The molecule has 0 unspecified atom stereocenters. The van der Waals surface area contributed by atoms with Crippen LogP contribution in [0.3, 0.4) is 0 Å². The highest BCUT2D eigenvalue weighted by Gasteiger charge is 2.30. The molecule has 1 heterocycles. The van der Waals surface area contributed by atoms with Crippen LogP contribution in [0.4, 0.5) is 0 Å². The van der Waals surface area contributed by atoms with E-state index in [9.17, 15) is 0 Å². The zero-order valence-corrected chi connectivity index (χ0v) is 8.59. The molecule has 1 aliphatic rings. The number of ether oxygens (including phenoxy) is 1. The lowest BCUT2D eigenvalue weighted by atomic mass is 10.2. The summed E-state index contributed by atoms with van der Waals surface area (Å²) in [6.07, 6.45) is 3.05. The Hall–Kier alpha value is 0.830. The third-order valence-corrected chi connectivity index (χ3v) is 2.24. The Morgan fingerprint density at radius 1 is 1.36 bits per heavy atom. The van der Waals surface area contributed by atoms with E-state index in [1.54, 1.807) is 0 Å². The van der Waals surface area contributed by atoms with Crippen molar-refractivity contribution in [3.8, 4) is 0 Å². The SMILES string of the molecule is C[C@H]1CC[C@H](CC(Cl)(Cl)Cl)O1. The molecule has 0 aromatic heterocycles. The van der Waals surface area contributed by atoms with E-state index < -0.39 is 3.79 Å². The predicted molar refractivity (Wildman–Crippen MR) is 48.5 cm³/mol.